The highest BCUT2D eigenvalue weighted by Crippen LogP contribution is 2.15. The van der Waals surface area contributed by atoms with Crippen molar-refractivity contribution in [2.24, 2.45) is 0 Å². The third kappa shape index (κ3) is 2.76. The average molecular weight is 248 g/mol. The summed E-state index contributed by atoms with van der Waals surface area (Å²) in [6.45, 7) is 2.48. The monoisotopic (exact) mass is 248 g/mol. The van der Waals surface area contributed by atoms with Gasteiger partial charge in [0.15, 0.2) is 0 Å². The molecule has 3 N–H and O–H groups in total. The molecule has 0 aliphatic carbocycles. The Balaban J connectivity index is 2.05. The highest BCUT2D eigenvalue weighted by molar-refractivity contribution is 6.01. The lowest BCUT2D eigenvalue weighted by atomic mass is 10.3. The van der Waals surface area contributed by atoms with Crippen LogP contribution in [0.25, 0.3) is 0 Å². The van der Waals surface area contributed by atoms with Crippen LogP contribution in [0.5, 0.6) is 5.75 Å². The quantitative estimate of drug-likeness (QED) is 0.743. The van der Waals surface area contributed by atoms with Crippen LogP contribution in [-0.2, 0) is 0 Å². The minimum atomic E-state index is -0.521. The lowest BCUT2D eigenvalue weighted by Gasteiger charge is -2.05. The van der Waals surface area contributed by atoms with Crippen molar-refractivity contribution >= 4 is 11.6 Å². The molecule has 0 radical (unpaired) electrons. The molecule has 0 fully saturated rings. The van der Waals surface area contributed by atoms with Gasteiger partial charge in [0, 0.05) is 5.69 Å². The fourth-order valence-corrected chi connectivity index (χ4v) is 1.37. The van der Waals surface area contributed by atoms with Gasteiger partial charge in [-0.1, -0.05) is 0 Å². The molecule has 1 amide bonds. The summed E-state index contributed by atoms with van der Waals surface area (Å²) >= 11 is 0. The van der Waals surface area contributed by atoms with E-state index in [-0.39, 0.29) is 5.82 Å². The summed E-state index contributed by atoms with van der Waals surface area (Å²) < 4.78 is 5.28. The Bertz CT molecular complexity index is 585. The number of benzene rings is 1. The molecule has 0 unspecified atom stereocenters. The molecule has 2 rings (SSSR count). The molecule has 1 heterocycles. The SMILES string of the molecule is CCOc1ccc(NC(=O)c2n[nH]c(=O)[nH]2)cc1. The first kappa shape index (κ1) is 11.9. The van der Waals surface area contributed by atoms with Crippen LogP contribution in [-0.4, -0.2) is 27.7 Å². The van der Waals surface area contributed by atoms with Gasteiger partial charge in [-0.05, 0) is 31.2 Å². The van der Waals surface area contributed by atoms with Gasteiger partial charge in [0.25, 0.3) is 5.91 Å². The Morgan fingerprint density at radius 3 is 2.67 bits per heavy atom. The van der Waals surface area contributed by atoms with Gasteiger partial charge in [0.1, 0.15) is 5.75 Å². The van der Waals surface area contributed by atoms with E-state index in [0.29, 0.717) is 12.3 Å². The van der Waals surface area contributed by atoms with Crippen molar-refractivity contribution in [3.8, 4) is 5.75 Å². The van der Waals surface area contributed by atoms with Crippen LogP contribution in [0.4, 0.5) is 5.69 Å². The Hall–Kier alpha value is -2.57. The van der Waals surface area contributed by atoms with E-state index >= 15 is 0 Å². The molecule has 7 heteroatoms. The van der Waals surface area contributed by atoms with Gasteiger partial charge in [-0.3, -0.25) is 9.78 Å². The van der Waals surface area contributed by atoms with Gasteiger partial charge >= 0.3 is 5.69 Å². The summed E-state index contributed by atoms with van der Waals surface area (Å²) in [5, 5.41) is 8.24. The number of ether oxygens (including phenoxy) is 1. The second-order valence-corrected chi connectivity index (χ2v) is 3.44. The van der Waals surface area contributed by atoms with E-state index < -0.39 is 11.6 Å². The van der Waals surface area contributed by atoms with Crippen molar-refractivity contribution in [2.45, 2.75) is 6.92 Å². The zero-order valence-corrected chi connectivity index (χ0v) is 9.69. The maximum Gasteiger partial charge on any atom is 0.341 e. The van der Waals surface area contributed by atoms with Gasteiger partial charge in [0.2, 0.25) is 5.82 Å². The number of rotatable bonds is 4. The minimum absolute atomic E-state index is 0.0612. The van der Waals surface area contributed by atoms with Crippen molar-refractivity contribution in [1.29, 1.82) is 0 Å². The number of aromatic amines is 2. The summed E-state index contributed by atoms with van der Waals surface area (Å²) in [6.07, 6.45) is 0. The Labute approximate surface area is 102 Å². The Morgan fingerprint density at radius 1 is 1.39 bits per heavy atom. The summed E-state index contributed by atoms with van der Waals surface area (Å²) in [4.78, 5) is 24.7. The van der Waals surface area contributed by atoms with E-state index in [4.69, 9.17) is 4.74 Å². The molecule has 0 saturated heterocycles. The third-order valence-corrected chi connectivity index (χ3v) is 2.14. The molecule has 7 nitrogen and oxygen atoms in total. The van der Waals surface area contributed by atoms with Crippen LogP contribution in [0, 0.1) is 0 Å². The third-order valence-electron chi connectivity index (χ3n) is 2.14. The molecule has 0 spiro atoms. The lowest BCUT2D eigenvalue weighted by molar-refractivity contribution is 0.101. The normalized spacial score (nSPS) is 10.1. The van der Waals surface area contributed by atoms with Crippen LogP contribution in [0.3, 0.4) is 0 Å². The van der Waals surface area contributed by atoms with E-state index in [9.17, 15) is 9.59 Å². The average Bonchev–Trinajstić information content (AvgIpc) is 2.79. The predicted octanol–water partition coefficient (Wildman–Crippen LogP) is 0.749. The maximum absolute atomic E-state index is 11.6. The summed E-state index contributed by atoms with van der Waals surface area (Å²) in [5.41, 5.74) is 0.0687. The second-order valence-electron chi connectivity index (χ2n) is 3.44. The van der Waals surface area contributed by atoms with Crippen LogP contribution >= 0.6 is 0 Å². The summed E-state index contributed by atoms with van der Waals surface area (Å²) in [6, 6.07) is 6.89. The number of anilines is 1. The van der Waals surface area contributed by atoms with Crippen LogP contribution in [0.1, 0.15) is 17.5 Å². The van der Waals surface area contributed by atoms with Crippen LogP contribution < -0.4 is 15.7 Å². The number of carbonyl (C=O) groups is 1. The summed E-state index contributed by atoms with van der Waals surface area (Å²) in [5.74, 6) is 0.176. The first-order chi connectivity index (χ1) is 8.69. The maximum atomic E-state index is 11.6. The summed E-state index contributed by atoms with van der Waals surface area (Å²) in [7, 11) is 0. The lowest BCUT2D eigenvalue weighted by Crippen LogP contribution is -2.14. The molecule has 0 atom stereocenters. The molecule has 1 aromatic carbocycles. The zero-order chi connectivity index (χ0) is 13.0. The van der Waals surface area contributed by atoms with E-state index in [0.717, 1.165) is 5.75 Å². The first-order valence-corrected chi connectivity index (χ1v) is 5.38. The number of hydrogen-bond donors (Lipinski definition) is 3. The van der Waals surface area contributed by atoms with Crippen molar-refractivity contribution in [1.82, 2.24) is 15.2 Å². The fraction of sp³-hybridized carbons (Fsp3) is 0.182. The molecule has 0 saturated carbocycles. The van der Waals surface area contributed by atoms with E-state index in [1.54, 1.807) is 24.3 Å². The predicted molar refractivity (Wildman–Crippen MR) is 64.8 cm³/mol. The first-order valence-electron chi connectivity index (χ1n) is 5.38. The van der Waals surface area contributed by atoms with E-state index in [1.807, 2.05) is 6.92 Å². The molecule has 1 aromatic heterocycles. The van der Waals surface area contributed by atoms with Crippen LogP contribution in [0.15, 0.2) is 29.1 Å². The highest BCUT2D eigenvalue weighted by atomic mass is 16.5. The number of nitrogens with zero attached hydrogens (tertiary/aromatic N) is 1. The van der Waals surface area contributed by atoms with Gasteiger partial charge in [-0.25, -0.2) is 9.89 Å². The van der Waals surface area contributed by atoms with E-state index in [2.05, 4.69) is 20.5 Å². The molecular formula is C11H12N4O3. The number of hydrogen-bond acceptors (Lipinski definition) is 4. The standard InChI is InChI=1S/C11H12N4O3/c1-2-18-8-5-3-7(4-6-8)12-10(16)9-13-11(17)15-14-9/h3-6H,2H2,1H3,(H,12,16)(H2,13,14,15,17). The molecule has 2 aromatic rings. The number of H-pyrrole nitrogens is 2. The Morgan fingerprint density at radius 2 is 2.11 bits per heavy atom. The number of nitrogens with one attached hydrogen (secondary N) is 3. The van der Waals surface area contributed by atoms with Crippen LogP contribution in [0.2, 0.25) is 0 Å². The van der Waals surface area contributed by atoms with E-state index in [1.165, 1.54) is 0 Å². The smallest absolute Gasteiger partial charge is 0.341 e. The molecule has 0 aliphatic rings. The van der Waals surface area contributed by atoms with Gasteiger partial charge in [0.05, 0.1) is 6.61 Å². The second kappa shape index (κ2) is 5.17. The van der Waals surface area contributed by atoms with Crippen molar-refractivity contribution < 1.29 is 9.53 Å². The zero-order valence-electron chi connectivity index (χ0n) is 9.69. The highest BCUT2D eigenvalue weighted by Gasteiger charge is 2.09. The van der Waals surface area contributed by atoms with Gasteiger partial charge in [-0.15, -0.1) is 5.10 Å². The van der Waals surface area contributed by atoms with Crippen molar-refractivity contribution in [3.05, 3.63) is 40.6 Å². The number of carbonyl (C=O) groups excluding carboxylic acids is 1. The van der Waals surface area contributed by atoms with Crippen molar-refractivity contribution in [2.75, 3.05) is 11.9 Å². The van der Waals surface area contributed by atoms with Gasteiger partial charge in [-0.2, -0.15) is 0 Å². The largest absolute Gasteiger partial charge is 0.494 e. The molecule has 0 aliphatic heterocycles. The van der Waals surface area contributed by atoms with Gasteiger partial charge < -0.3 is 10.1 Å². The minimum Gasteiger partial charge on any atom is -0.494 e. The number of aromatic nitrogens is 3. The van der Waals surface area contributed by atoms with Crippen molar-refractivity contribution in [3.63, 3.8) is 0 Å². The molecule has 18 heavy (non-hydrogen) atoms. The fourth-order valence-electron chi connectivity index (χ4n) is 1.37. The molecule has 94 valence electrons. The molecular weight excluding hydrogens is 236 g/mol. The topological polar surface area (TPSA) is 99.9 Å². The number of amides is 1. The molecule has 0 bridgehead atoms. The Kier molecular flexibility index (Phi) is 3.42.